The maximum absolute atomic E-state index is 4.01. The molecule has 2 nitrogen and oxygen atoms in total. The minimum absolute atomic E-state index is 0.174. The molecule has 0 bridgehead atoms. The first-order chi connectivity index (χ1) is 39.0. The average molecular weight is 1020 g/mol. The summed E-state index contributed by atoms with van der Waals surface area (Å²) in [5.41, 5.74) is 24.5. The summed E-state index contributed by atoms with van der Waals surface area (Å²) in [5.74, 6) is 0. The third-order valence-corrected chi connectivity index (χ3v) is 16.9. The predicted molar refractivity (Wildman–Crippen MR) is 341 cm³/mol. The highest BCUT2D eigenvalue weighted by Crippen LogP contribution is 2.56. The van der Waals surface area contributed by atoms with Gasteiger partial charge in [-0.1, -0.05) is 248 Å². The summed E-state index contributed by atoms with van der Waals surface area (Å²) in [6, 6.07) is 86.4. The second kappa shape index (κ2) is 22.7. The van der Waals surface area contributed by atoms with Crippen molar-refractivity contribution in [3.8, 4) is 61.3 Å². The zero-order chi connectivity index (χ0) is 53.7. The van der Waals surface area contributed by atoms with E-state index in [-0.39, 0.29) is 5.41 Å². The molecule has 0 fully saturated rings. The Morgan fingerprint density at radius 1 is 0.367 bits per heavy atom. The lowest BCUT2D eigenvalue weighted by Crippen LogP contribution is -2.26. The highest BCUT2D eigenvalue weighted by atomic mass is 15.1. The Balaban J connectivity index is 1.02. The van der Waals surface area contributed by atoms with Crippen LogP contribution in [-0.2, 0) is 5.41 Å². The molecule has 1 heterocycles. The standard InChI is InChI=1S/C77H70N2/c1-5-9-11-19-49-77(50-20-12-10-6-2)73-53-67(78(65-39-33-60(34-40-65)57-21-15-13-16-22-57)66-41-35-61(36-42-66)59-29-25-55(7-3)26-30-59)43-45-69(73)70-46-44-68(54-74(70)77)79-75-47-37-63(58-23-17-14-18-24-58)51-71(75)72-52-64(38-48-76(72)79)62-31-27-56(8-4)28-32-62/h7-8,13-18,21-48,51-54H,3-6,9-12,19-20,49-50H2,1-2H3. The Morgan fingerprint density at radius 3 is 1.23 bits per heavy atom. The summed E-state index contributed by atoms with van der Waals surface area (Å²) < 4.78 is 2.55. The van der Waals surface area contributed by atoms with Gasteiger partial charge in [0.15, 0.2) is 0 Å². The van der Waals surface area contributed by atoms with Gasteiger partial charge >= 0.3 is 0 Å². The van der Waals surface area contributed by atoms with Gasteiger partial charge in [-0.25, -0.2) is 0 Å². The Morgan fingerprint density at radius 2 is 0.759 bits per heavy atom. The van der Waals surface area contributed by atoms with Crippen molar-refractivity contribution in [3.63, 3.8) is 0 Å². The molecule has 79 heavy (non-hydrogen) atoms. The lowest BCUT2D eigenvalue weighted by atomic mass is 9.70. The molecule has 1 aliphatic carbocycles. The molecule has 0 saturated carbocycles. The van der Waals surface area contributed by atoms with E-state index in [4.69, 9.17) is 0 Å². The summed E-state index contributed by atoms with van der Waals surface area (Å²) >= 11 is 0. The van der Waals surface area contributed by atoms with Gasteiger partial charge in [0.1, 0.15) is 0 Å². The fraction of sp³-hybridized carbons (Fsp3) is 0.169. The van der Waals surface area contributed by atoms with Crippen molar-refractivity contribution >= 4 is 51.0 Å². The van der Waals surface area contributed by atoms with E-state index in [1.807, 2.05) is 12.2 Å². The number of hydrogen-bond acceptors (Lipinski definition) is 1. The molecular formula is C77H70N2. The van der Waals surface area contributed by atoms with Gasteiger partial charge in [-0.3, -0.25) is 0 Å². The lowest BCUT2D eigenvalue weighted by molar-refractivity contribution is 0.401. The molecule has 0 saturated heterocycles. The van der Waals surface area contributed by atoms with Crippen LogP contribution in [0.5, 0.6) is 0 Å². The molecule has 0 atom stereocenters. The monoisotopic (exact) mass is 1020 g/mol. The van der Waals surface area contributed by atoms with E-state index in [9.17, 15) is 0 Å². The minimum Gasteiger partial charge on any atom is -0.310 e. The smallest absolute Gasteiger partial charge is 0.0541 e. The molecule has 11 aromatic rings. The van der Waals surface area contributed by atoms with Crippen molar-refractivity contribution in [3.05, 3.63) is 266 Å². The van der Waals surface area contributed by atoms with Crippen LogP contribution in [0.2, 0.25) is 0 Å². The molecular weight excluding hydrogens is 953 g/mol. The average Bonchev–Trinajstić information content (AvgIpc) is 4.23. The van der Waals surface area contributed by atoms with Crippen LogP contribution in [0.25, 0.3) is 95.3 Å². The maximum atomic E-state index is 4.01. The summed E-state index contributed by atoms with van der Waals surface area (Å²) in [4.78, 5) is 2.48. The Hall–Kier alpha value is -8.72. The van der Waals surface area contributed by atoms with E-state index in [2.05, 4.69) is 267 Å². The van der Waals surface area contributed by atoms with Gasteiger partial charge in [0, 0.05) is 38.9 Å². The second-order valence-electron chi connectivity index (χ2n) is 21.8. The van der Waals surface area contributed by atoms with Crippen LogP contribution >= 0.6 is 0 Å². The first-order valence-electron chi connectivity index (χ1n) is 28.9. The number of rotatable bonds is 20. The van der Waals surface area contributed by atoms with Gasteiger partial charge < -0.3 is 9.47 Å². The van der Waals surface area contributed by atoms with E-state index in [0.717, 1.165) is 35.3 Å². The van der Waals surface area contributed by atoms with Crippen LogP contribution in [-0.4, -0.2) is 4.57 Å². The lowest BCUT2D eigenvalue weighted by Gasteiger charge is -2.34. The molecule has 1 aliphatic rings. The molecule has 0 unspecified atom stereocenters. The summed E-state index contributed by atoms with van der Waals surface area (Å²) in [7, 11) is 0. The number of aromatic nitrogens is 1. The van der Waals surface area contributed by atoms with E-state index < -0.39 is 0 Å². The van der Waals surface area contributed by atoms with Crippen LogP contribution < -0.4 is 4.90 Å². The topological polar surface area (TPSA) is 8.17 Å². The minimum atomic E-state index is -0.174. The third-order valence-electron chi connectivity index (χ3n) is 16.9. The van der Waals surface area contributed by atoms with Gasteiger partial charge in [-0.05, 0) is 164 Å². The molecule has 0 radical (unpaired) electrons. The number of benzene rings is 10. The fourth-order valence-corrected chi connectivity index (χ4v) is 12.7. The fourth-order valence-electron chi connectivity index (χ4n) is 12.7. The maximum Gasteiger partial charge on any atom is 0.0541 e. The summed E-state index contributed by atoms with van der Waals surface area (Å²) in [5, 5.41) is 2.52. The Kier molecular flexibility index (Phi) is 14.7. The quantitative estimate of drug-likeness (QED) is 0.0691. The molecule has 1 aromatic heterocycles. The third kappa shape index (κ3) is 9.98. The van der Waals surface area contributed by atoms with E-state index in [1.54, 1.807) is 0 Å². The van der Waals surface area contributed by atoms with Crippen molar-refractivity contribution < 1.29 is 0 Å². The van der Waals surface area contributed by atoms with Crippen LogP contribution in [0, 0.1) is 0 Å². The highest BCUT2D eigenvalue weighted by Gasteiger charge is 2.43. The zero-order valence-electron chi connectivity index (χ0n) is 46.0. The normalized spacial score (nSPS) is 12.4. The molecule has 12 rings (SSSR count). The van der Waals surface area contributed by atoms with Crippen molar-refractivity contribution in [2.75, 3.05) is 4.90 Å². The van der Waals surface area contributed by atoms with Gasteiger partial charge in [0.25, 0.3) is 0 Å². The van der Waals surface area contributed by atoms with E-state index in [1.165, 1.54) is 151 Å². The van der Waals surface area contributed by atoms with Crippen molar-refractivity contribution in [2.24, 2.45) is 0 Å². The first kappa shape index (κ1) is 51.1. The predicted octanol–water partition coefficient (Wildman–Crippen LogP) is 22.4. The number of unbranched alkanes of at least 4 members (excludes halogenated alkanes) is 6. The summed E-state index contributed by atoms with van der Waals surface area (Å²) in [6.07, 6.45) is 15.8. The molecule has 0 amide bonds. The van der Waals surface area contributed by atoms with Crippen LogP contribution in [0.3, 0.4) is 0 Å². The van der Waals surface area contributed by atoms with Crippen LogP contribution in [0.15, 0.2) is 244 Å². The number of fused-ring (bicyclic) bond motifs is 6. The van der Waals surface area contributed by atoms with Crippen LogP contribution in [0.1, 0.15) is 100 Å². The highest BCUT2D eigenvalue weighted by molar-refractivity contribution is 6.12. The summed E-state index contributed by atoms with van der Waals surface area (Å²) in [6.45, 7) is 12.7. The first-order valence-corrected chi connectivity index (χ1v) is 28.9. The molecule has 0 spiro atoms. The molecule has 388 valence electrons. The largest absolute Gasteiger partial charge is 0.310 e. The van der Waals surface area contributed by atoms with E-state index in [0.29, 0.717) is 0 Å². The Bertz CT molecular complexity index is 3900. The molecule has 0 N–H and O–H groups in total. The molecule has 0 aliphatic heterocycles. The molecule has 2 heteroatoms. The zero-order valence-corrected chi connectivity index (χ0v) is 46.0. The second-order valence-corrected chi connectivity index (χ2v) is 21.8. The Labute approximate surface area is 468 Å². The number of anilines is 3. The van der Waals surface area contributed by atoms with Crippen molar-refractivity contribution in [2.45, 2.75) is 83.5 Å². The van der Waals surface area contributed by atoms with E-state index >= 15 is 0 Å². The number of hydrogen-bond donors (Lipinski definition) is 0. The molecule has 10 aromatic carbocycles. The van der Waals surface area contributed by atoms with Gasteiger partial charge in [0.2, 0.25) is 0 Å². The van der Waals surface area contributed by atoms with Crippen molar-refractivity contribution in [1.82, 2.24) is 4.57 Å². The van der Waals surface area contributed by atoms with Gasteiger partial charge in [0.05, 0.1) is 11.0 Å². The SMILES string of the molecule is C=Cc1ccc(-c2ccc(N(c3ccc(-c4ccccc4)cc3)c3ccc4c(c3)C(CCCCCC)(CCCCCC)c3cc(-n5c6ccc(-c7ccccc7)cc6c6cc(-c7ccc(C=C)cc7)ccc65)ccc3-4)cc2)cc1. The van der Waals surface area contributed by atoms with Gasteiger partial charge in [-0.2, -0.15) is 0 Å². The van der Waals surface area contributed by atoms with Crippen molar-refractivity contribution in [1.29, 1.82) is 0 Å². The number of nitrogens with zero attached hydrogens (tertiary/aromatic N) is 2. The van der Waals surface area contributed by atoms with Crippen LogP contribution in [0.4, 0.5) is 17.1 Å². The van der Waals surface area contributed by atoms with Gasteiger partial charge in [-0.15, -0.1) is 0 Å².